The first kappa shape index (κ1) is 21.7. The smallest absolute Gasteiger partial charge is 0.191 e. The minimum atomic E-state index is 0.646. The average Bonchev–Trinajstić information content (AvgIpc) is 3.31. The van der Waals surface area contributed by atoms with Gasteiger partial charge in [-0.15, -0.1) is 0 Å². The van der Waals surface area contributed by atoms with Crippen LogP contribution in [0.5, 0.6) is 0 Å². The molecule has 0 spiro atoms. The molecule has 2 saturated heterocycles. The van der Waals surface area contributed by atoms with Crippen molar-refractivity contribution in [3.8, 4) is 0 Å². The summed E-state index contributed by atoms with van der Waals surface area (Å²) in [6, 6.07) is 19.8. The number of guanidine groups is 1. The van der Waals surface area contributed by atoms with Crippen molar-refractivity contribution in [2.75, 3.05) is 44.7 Å². The molecule has 5 heteroatoms. The molecule has 2 fully saturated rings. The Labute approximate surface area is 187 Å². The molecular weight excluding hydrogens is 382 g/mol. The molecule has 0 aromatic heterocycles. The lowest BCUT2D eigenvalue weighted by Gasteiger charge is -2.26. The van der Waals surface area contributed by atoms with Crippen LogP contribution in [0.25, 0.3) is 0 Å². The topological polar surface area (TPSA) is 42.9 Å². The molecule has 0 aliphatic carbocycles. The van der Waals surface area contributed by atoms with Crippen LogP contribution in [0.4, 0.5) is 5.69 Å². The molecule has 0 radical (unpaired) electrons. The number of likely N-dealkylation sites (tertiary alicyclic amines) is 1. The number of benzene rings is 2. The fourth-order valence-electron chi connectivity index (χ4n) is 4.66. The first-order valence-corrected chi connectivity index (χ1v) is 11.8. The lowest BCUT2D eigenvalue weighted by molar-refractivity contribution is 0.221. The normalized spacial score (nSPS) is 20.1. The van der Waals surface area contributed by atoms with Crippen molar-refractivity contribution < 1.29 is 0 Å². The van der Waals surface area contributed by atoms with Gasteiger partial charge in [0.1, 0.15) is 0 Å². The number of anilines is 1. The summed E-state index contributed by atoms with van der Waals surface area (Å²) in [5.41, 5.74) is 4.04. The quantitative estimate of drug-likeness (QED) is 0.528. The van der Waals surface area contributed by atoms with Crippen molar-refractivity contribution in [3.63, 3.8) is 0 Å². The van der Waals surface area contributed by atoms with Gasteiger partial charge in [-0.05, 0) is 61.5 Å². The van der Waals surface area contributed by atoms with Gasteiger partial charge in [0.25, 0.3) is 0 Å². The molecule has 0 amide bonds. The number of aliphatic imine (C=N–C) groups is 1. The van der Waals surface area contributed by atoms with Crippen LogP contribution < -0.4 is 15.5 Å². The predicted octanol–water partition coefficient (Wildman–Crippen LogP) is 3.86. The van der Waals surface area contributed by atoms with Crippen LogP contribution in [0.15, 0.2) is 59.6 Å². The zero-order valence-electron chi connectivity index (χ0n) is 18.9. The molecule has 1 atom stereocenters. The molecule has 2 aromatic carbocycles. The number of hydrogen-bond donors (Lipinski definition) is 2. The number of piperidine rings is 1. The van der Waals surface area contributed by atoms with Crippen LogP contribution in [0.2, 0.25) is 0 Å². The number of hydrogen-bond acceptors (Lipinski definition) is 3. The van der Waals surface area contributed by atoms with E-state index in [4.69, 9.17) is 0 Å². The summed E-state index contributed by atoms with van der Waals surface area (Å²) in [6.45, 7) is 7.56. The molecule has 5 nitrogen and oxygen atoms in total. The first-order chi connectivity index (χ1) is 15.3. The summed E-state index contributed by atoms with van der Waals surface area (Å²) in [5.74, 6) is 1.53. The lowest BCUT2D eigenvalue weighted by atomic mass is 10.1. The van der Waals surface area contributed by atoms with E-state index in [2.05, 4.69) is 80.0 Å². The summed E-state index contributed by atoms with van der Waals surface area (Å²) < 4.78 is 0. The highest BCUT2D eigenvalue weighted by atomic mass is 15.2. The monoisotopic (exact) mass is 419 g/mol. The molecule has 1 unspecified atom stereocenters. The van der Waals surface area contributed by atoms with Crippen LogP contribution in [0.3, 0.4) is 0 Å². The van der Waals surface area contributed by atoms with E-state index in [1.54, 1.807) is 0 Å². The van der Waals surface area contributed by atoms with Gasteiger partial charge in [-0.1, -0.05) is 48.9 Å². The van der Waals surface area contributed by atoms with Crippen molar-refractivity contribution in [2.45, 2.75) is 38.8 Å². The van der Waals surface area contributed by atoms with E-state index in [1.807, 2.05) is 7.05 Å². The van der Waals surface area contributed by atoms with Gasteiger partial charge in [-0.2, -0.15) is 0 Å². The maximum atomic E-state index is 4.41. The zero-order chi connectivity index (χ0) is 21.3. The Morgan fingerprint density at radius 1 is 0.903 bits per heavy atom. The van der Waals surface area contributed by atoms with E-state index < -0.39 is 0 Å². The van der Waals surface area contributed by atoms with Crippen LogP contribution >= 0.6 is 0 Å². The van der Waals surface area contributed by atoms with Gasteiger partial charge in [-0.3, -0.25) is 9.89 Å². The van der Waals surface area contributed by atoms with Gasteiger partial charge < -0.3 is 15.5 Å². The number of nitrogens with zero attached hydrogens (tertiary/aromatic N) is 3. The van der Waals surface area contributed by atoms with Crippen LogP contribution in [0.1, 0.15) is 36.8 Å². The van der Waals surface area contributed by atoms with Gasteiger partial charge in [0, 0.05) is 45.5 Å². The van der Waals surface area contributed by atoms with E-state index in [1.165, 1.54) is 55.6 Å². The maximum Gasteiger partial charge on any atom is 0.191 e. The van der Waals surface area contributed by atoms with Gasteiger partial charge in [0.15, 0.2) is 5.96 Å². The van der Waals surface area contributed by atoms with Crippen molar-refractivity contribution in [3.05, 3.63) is 65.7 Å². The molecular formula is C26H37N5. The second kappa shape index (κ2) is 11.2. The second-order valence-electron chi connectivity index (χ2n) is 8.90. The van der Waals surface area contributed by atoms with Crippen LogP contribution in [-0.2, 0) is 13.1 Å². The molecule has 4 rings (SSSR count). The molecule has 0 saturated carbocycles. The van der Waals surface area contributed by atoms with E-state index in [-0.39, 0.29) is 0 Å². The molecule has 2 heterocycles. The zero-order valence-corrected chi connectivity index (χ0v) is 18.9. The third-order valence-electron chi connectivity index (χ3n) is 6.53. The average molecular weight is 420 g/mol. The Hall–Kier alpha value is -2.53. The summed E-state index contributed by atoms with van der Waals surface area (Å²) >= 11 is 0. The molecule has 166 valence electrons. The van der Waals surface area contributed by atoms with Crippen LogP contribution in [-0.4, -0.2) is 50.6 Å². The molecule has 2 aliphatic rings. The Balaban J connectivity index is 1.18. The van der Waals surface area contributed by atoms with Crippen molar-refractivity contribution in [1.82, 2.24) is 15.5 Å². The fourth-order valence-corrected chi connectivity index (χ4v) is 4.66. The summed E-state index contributed by atoms with van der Waals surface area (Å²) in [6.07, 6.45) is 5.30. The molecule has 2 aromatic rings. The number of nitrogens with one attached hydrogen (secondary N) is 2. The summed E-state index contributed by atoms with van der Waals surface area (Å²) in [7, 11) is 1.85. The number of rotatable bonds is 7. The Bertz CT molecular complexity index is 811. The van der Waals surface area contributed by atoms with E-state index in [0.29, 0.717) is 5.92 Å². The summed E-state index contributed by atoms with van der Waals surface area (Å²) in [4.78, 5) is 9.46. The Morgan fingerprint density at radius 2 is 1.65 bits per heavy atom. The first-order valence-electron chi connectivity index (χ1n) is 11.8. The van der Waals surface area contributed by atoms with Crippen molar-refractivity contribution >= 4 is 11.6 Å². The third kappa shape index (κ3) is 6.47. The maximum absolute atomic E-state index is 4.41. The van der Waals surface area contributed by atoms with Gasteiger partial charge >= 0.3 is 0 Å². The van der Waals surface area contributed by atoms with E-state index in [0.717, 1.165) is 38.7 Å². The molecule has 0 bridgehead atoms. The highest BCUT2D eigenvalue weighted by molar-refractivity contribution is 5.79. The number of para-hydroxylation sites is 1. The predicted molar refractivity (Wildman–Crippen MR) is 131 cm³/mol. The van der Waals surface area contributed by atoms with Gasteiger partial charge in [0.05, 0.1) is 0 Å². The van der Waals surface area contributed by atoms with Crippen molar-refractivity contribution in [2.24, 2.45) is 10.9 Å². The lowest BCUT2D eigenvalue weighted by Crippen LogP contribution is -2.39. The molecule has 2 N–H and O–H groups in total. The molecule has 2 aliphatic heterocycles. The highest BCUT2D eigenvalue weighted by Gasteiger charge is 2.22. The largest absolute Gasteiger partial charge is 0.371 e. The standard InChI is InChI=1S/C26H37N5/c1-27-26(29-19-24-14-17-31(21-24)25-8-4-2-5-9-25)28-18-22-10-12-23(13-11-22)20-30-15-6-3-7-16-30/h2,4-5,8-13,24H,3,6-7,14-21H2,1H3,(H2,27,28,29). The minimum Gasteiger partial charge on any atom is -0.371 e. The Kier molecular flexibility index (Phi) is 7.83. The SMILES string of the molecule is CN=C(NCc1ccc(CN2CCCCC2)cc1)NCC1CCN(c2ccccc2)C1. The van der Waals surface area contributed by atoms with Gasteiger partial charge in [-0.25, -0.2) is 0 Å². The summed E-state index contributed by atoms with van der Waals surface area (Å²) in [5, 5.41) is 6.99. The van der Waals surface area contributed by atoms with Crippen LogP contribution in [0, 0.1) is 5.92 Å². The third-order valence-corrected chi connectivity index (χ3v) is 6.53. The molecule has 31 heavy (non-hydrogen) atoms. The Morgan fingerprint density at radius 3 is 2.39 bits per heavy atom. The van der Waals surface area contributed by atoms with Gasteiger partial charge in [0.2, 0.25) is 0 Å². The van der Waals surface area contributed by atoms with E-state index in [9.17, 15) is 0 Å². The minimum absolute atomic E-state index is 0.646. The van der Waals surface area contributed by atoms with Crippen molar-refractivity contribution in [1.29, 1.82) is 0 Å². The second-order valence-corrected chi connectivity index (χ2v) is 8.90. The fraction of sp³-hybridized carbons (Fsp3) is 0.500. The van der Waals surface area contributed by atoms with E-state index >= 15 is 0 Å². The highest BCUT2D eigenvalue weighted by Crippen LogP contribution is 2.23.